The Morgan fingerprint density at radius 2 is 1.89 bits per heavy atom. The first kappa shape index (κ1) is 20.3. The lowest BCUT2D eigenvalue weighted by Gasteiger charge is -2.12. The highest BCUT2D eigenvalue weighted by molar-refractivity contribution is 8.01. The number of benzene rings is 2. The Hall–Kier alpha value is -2.43. The number of amides is 1. The number of carbonyl (C=O) groups is 1. The standard InChI is InChI=1S/C18H18N4O3S3/c1-3-26-18-21-20-17(27-18)19-16(23)13-10-9-12(2)15(11-13)22-28(24,25)14-7-5-4-6-8-14/h4-11,22H,3H2,1-2H3,(H,19,20,23). The van der Waals surface area contributed by atoms with Crippen LogP contribution in [0.1, 0.15) is 22.8 Å². The molecule has 0 radical (unpaired) electrons. The Labute approximate surface area is 171 Å². The number of rotatable bonds is 7. The number of thioether (sulfide) groups is 1. The molecule has 2 N–H and O–H groups in total. The Morgan fingerprint density at radius 3 is 2.61 bits per heavy atom. The summed E-state index contributed by atoms with van der Waals surface area (Å²) in [6.45, 7) is 3.78. The number of carbonyl (C=O) groups excluding carboxylic acids is 1. The van der Waals surface area contributed by atoms with Gasteiger partial charge in [-0.15, -0.1) is 10.2 Å². The van der Waals surface area contributed by atoms with Crippen molar-refractivity contribution in [3.8, 4) is 0 Å². The lowest BCUT2D eigenvalue weighted by atomic mass is 10.1. The van der Waals surface area contributed by atoms with Gasteiger partial charge >= 0.3 is 0 Å². The molecular weight excluding hydrogens is 416 g/mol. The first-order valence-electron chi connectivity index (χ1n) is 8.35. The Bertz CT molecular complexity index is 1080. The molecule has 0 unspecified atom stereocenters. The lowest BCUT2D eigenvalue weighted by molar-refractivity contribution is 0.102. The van der Waals surface area contributed by atoms with E-state index < -0.39 is 10.0 Å². The summed E-state index contributed by atoms with van der Waals surface area (Å²) in [5.41, 5.74) is 1.36. The molecule has 146 valence electrons. The second kappa shape index (κ2) is 8.72. The molecular formula is C18H18N4O3S3. The number of aryl methyl sites for hydroxylation is 1. The van der Waals surface area contributed by atoms with E-state index in [1.165, 1.54) is 29.5 Å². The molecule has 10 heteroatoms. The summed E-state index contributed by atoms with van der Waals surface area (Å²) < 4.78 is 28.4. The van der Waals surface area contributed by atoms with Crippen molar-refractivity contribution in [1.82, 2.24) is 10.2 Å². The maximum Gasteiger partial charge on any atom is 0.261 e. The molecule has 0 fully saturated rings. The highest BCUT2D eigenvalue weighted by atomic mass is 32.2. The summed E-state index contributed by atoms with van der Waals surface area (Å²) in [6, 6.07) is 12.9. The molecule has 0 saturated heterocycles. The number of hydrogen-bond donors (Lipinski definition) is 2. The van der Waals surface area contributed by atoms with Crippen LogP contribution in [0.4, 0.5) is 10.8 Å². The van der Waals surface area contributed by atoms with E-state index in [1.807, 2.05) is 6.92 Å². The van der Waals surface area contributed by atoms with Crippen molar-refractivity contribution in [2.45, 2.75) is 23.1 Å². The molecule has 1 heterocycles. The van der Waals surface area contributed by atoms with Crippen molar-refractivity contribution in [3.63, 3.8) is 0 Å². The monoisotopic (exact) mass is 434 g/mol. The minimum absolute atomic E-state index is 0.152. The number of aromatic nitrogens is 2. The van der Waals surface area contributed by atoms with Gasteiger partial charge < -0.3 is 0 Å². The molecule has 3 aromatic rings. The summed E-state index contributed by atoms with van der Waals surface area (Å²) in [4.78, 5) is 12.7. The summed E-state index contributed by atoms with van der Waals surface area (Å²) in [6.07, 6.45) is 0. The first-order valence-corrected chi connectivity index (χ1v) is 11.6. The van der Waals surface area contributed by atoms with Crippen molar-refractivity contribution in [3.05, 3.63) is 59.7 Å². The van der Waals surface area contributed by atoms with E-state index in [0.29, 0.717) is 21.9 Å². The summed E-state index contributed by atoms with van der Waals surface area (Å²) >= 11 is 2.84. The van der Waals surface area contributed by atoms with Gasteiger partial charge in [0.1, 0.15) is 0 Å². The van der Waals surface area contributed by atoms with Gasteiger partial charge in [0.15, 0.2) is 4.34 Å². The zero-order valence-corrected chi connectivity index (χ0v) is 17.6. The van der Waals surface area contributed by atoms with Crippen molar-refractivity contribution >= 4 is 49.8 Å². The molecule has 0 spiro atoms. The molecule has 0 aliphatic carbocycles. The maximum atomic E-state index is 12.6. The zero-order valence-electron chi connectivity index (χ0n) is 15.2. The molecule has 0 aliphatic rings. The van der Waals surface area contributed by atoms with Crippen LogP contribution < -0.4 is 10.0 Å². The van der Waals surface area contributed by atoms with Gasteiger partial charge in [0.05, 0.1) is 10.6 Å². The highest BCUT2D eigenvalue weighted by Gasteiger charge is 2.17. The third-order valence-electron chi connectivity index (χ3n) is 3.69. The minimum Gasteiger partial charge on any atom is -0.296 e. The number of nitrogens with one attached hydrogen (secondary N) is 2. The van der Waals surface area contributed by atoms with E-state index in [-0.39, 0.29) is 10.8 Å². The number of nitrogens with zero attached hydrogens (tertiary/aromatic N) is 2. The van der Waals surface area contributed by atoms with Gasteiger partial charge in [-0.05, 0) is 42.5 Å². The van der Waals surface area contributed by atoms with Gasteiger partial charge in [-0.1, -0.05) is 54.3 Å². The fraction of sp³-hybridized carbons (Fsp3) is 0.167. The van der Waals surface area contributed by atoms with Crippen LogP contribution >= 0.6 is 23.1 Å². The second-order valence-corrected chi connectivity index (χ2v) is 9.88. The summed E-state index contributed by atoms with van der Waals surface area (Å²) in [5.74, 6) is 0.482. The van der Waals surface area contributed by atoms with Gasteiger partial charge in [0.25, 0.3) is 15.9 Å². The molecule has 28 heavy (non-hydrogen) atoms. The molecule has 1 aromatic heterocycles. The highest BCUT2D eigenvalue weighted by Crippen LogP contribution is 2.26. The van der Waals surface area contributed by atoms with E-state index in [0.717, 1.165) is 10.1 Å². The zero-order chi connectivity index (χ0) is 20.1. The normalized spacial score (nSPS) is 11.2. The van der Waals surface area contributed by atoms with E-state index in [2.05, 4.69) is 20.2 Å². The molecule has 1 amide bonds. The Kier molecular flexibility index (Phi) is 6.32. The van der Waals surface area contributed by atoms with Crippen molar-refractivity contribution in [2.75, 3.05) is 15.8 Å². The predicted molar refractivity (Wildman–Crippen MR) is 113 cm³/mol. The molecule has 0 saturated carbocycles. The third kappa shape index (κ3) is 4.89. The number of hydrogen-bond acceptors (Lipinski definition) is 7. The lowest BCUT2D eigenvalue weighted by Crippen LogP contribution is -2.16. The molecule has 0 bridgehead atoms. The van der Waals surface area contributed by atoms with E-state index in [4.69, 9.17) is 0 Å². The molecule has 2 aromatic carbocycles. The number of anilines is 2. The summed E-state index contributed by atoms with van der Waals surface area (Å²) in [7, 11) is -3.74. The predicted octanol–water partition coefficient (Wildman–Crippen LogP) is 4.01. The van der Waals surface area contributed by atoms with Crippen molar-refractivity contribution in [1.29, 1.82) is 0 Å². The average molecular weight is 435 g/mol. The Balaban J connectivity index is 1.79. The van der Waals surface area contributed by atoms with Gasteiger partial charge in [0.2, 0.25) is 5.13 Å². The number of sulfonamides is 1. The fourth-order valence-corrected chi connectivity index (χ4v) is 5.07. The third-order valence-corrected chi connectivity index (χ3v) is 6.93. The van der Waals surface area contributed by atoms with E-state index in [9.17, 15) is 13.2 Å². The van der Waals surface area contributed by atoms with Crippen molar-refractivity contribution < 1.29 is 13.2 Å². The Morgan fingerprint density at radius 1 is 1.14 bits per heavy atom. The van der Waals surface area contributed by atoms with Crippen LogP contribution in [-0.2, 0) is 10.0 Å². The van der Waals surface area contributed by atoms with Crippen LogP contribution in [-0.4, -0.2) is 30.3 Å². The SMILES string of the molecule is CCSc1nnc(NC(=O)c2ccc(C)c(NS(=O)(=O)c3ccccc3)c2)s1. The second-order valence-electron chi connectivity index (χ2n) is 5.71. The topological polar surface area (TPSA) is 101 Å². The molecule has 7 nitrogen and oxygen atoms in total. The van der Waals surface area contributed by atoms with Gasteiger partial charge in [-0.3, -0.25) is 14.8 Å². The van der Waals surface area contributed by atoms with Crippen molar-refractivity contribution in [2.24, 2.45) is 0 Å². The molecule has 0 atom stereocenters. The smallest absolute Gasteiger partial charge is 0.261 e. The quantitative estimate of drug-likeness (QED) is 0.430. The molecule has 3 rings (SSSR count). The maximum absolute atomic E-state index is 12.6. The van der Waals surface area contributed by atoms with Crippen LogP contribution in [0.15, 0.2) is 57.8 Å². The van der Waals surface area contributed by atoms with Gasteiger partial charge in [0, 0.05) is 5.56 Å². The van der Waals surface area contributed by atoms with Crippen LogP contribution in [0.3, 0.4) is 0 Å². The van der Waals surface area contributed by atoms with Gasteiger partial charge in [-0.25, -0.2) is 8.42 Å². The average Bonchev–Trinajstić information content (AvgIpc) is 3.11. The van der Waals surface area contributed by atoms with Gasteiger partial charge in [-0.2, -0.15) is 0 Å². The van der Waals surface area contributed by atoms with Crippen LogP contribution in [0.5, 0.6) is 0 Å². The fourth-order valence-electron chi connectivity index (χ4n) is 2.29. The summed E-state index contributed by atoms with van der Waals surface area (Å²) in [5, 5.41) is 11.0. The minimum atomic E-state index is -3.74. The van der Waals surface area contributed by atoms with Crippen LogP contribution in [0.25, 0.3) is 0 Å². The van der Waals surface area contributed by atoms with Crippen LogP contribution in [0, 0.1) is 6.92 Å². The molecule has 0 aliphatic heterocycles. The largest absolute Gasteiger partial charge is 0.296 e. The van der Waals surface area contributed by atoms with E-state index in [1.54, 1.807) is 49.0 Å². The first-order chi connectivity index (χ1) is 13.4. The van der Waals surface area contributed by atoms with E-state index >= 15 is 0 Å². The van der Waals surface area contributed by atoms with Crippen LogP contribution in [0.2, 0.25) is 0 Å².